The summed E-state index contributed by atoms with van der Waals surface area (Å²) in [5, 5.41) is 24.5. The number of nitrogens with one attached hydrogen (secondary N) is 6. The summed E-state index contributed by atoms with van der Waals surface area (Å²) in [6.45, 7) is 6.30. The molecule has 1 saturated carbocycles. The number of pyridine rings is 2. The second-order valence-corrected chi connectivity index (χ2v) is 11.7. The molecule has 48 heavy (non-hydrogen) atoms. The van der Waals surface area contributed by atoms with Crippen molar-refractivity contribution in [1.29, 1.82) is 0 Å². The van der Waals surface area contributed by atoms with Crippen LogP contribution in [0.2, 0.25) is 0 Å². The summed E-state index contributed by atoms with van der Waals surface area (Å²) >= 11 is 0. The molecule has 4 aromatic rings. The number of rotatable bonds is 9. The maximum Gasteiger partial charge on any atom is 0.279 e. The first kappa shape index (κ1) is 33.3. The molecule has 2 atom stereocenters. The van der Waals surface area contributed by atoms with E-state index in [0.29, 0.717) is 55.5 Å². The van der Waals surface area contributed by atoms with Gasteiger partial charge >= 0.3 is 0 Å². The summed E-state index contributed by atoms with van der Waals surface area (Å²) in [5.74, 6) is -2.16. The van der Waals surface area contributed by atoms with Crippen LogP contribution in [-0.2, 0) is 15.9 Å². The third kappa shape index (κ3) is 8.07. The summed E-state index contributed by atoms with van der Waals surface area (Å²) in [5.41, 5.74) is 2.88. The molecule has 2 aliphatic heterocycles. The molecule has 16 heteroatoms. The van der Waals surface area contributed by atoms with E-state index in [0.717, 1.165) is 43.7 Å². The molecule has 3 fully saturated rings. The van der Waals surface area contributed by atoms with Crippen LogP contribution in [0.25, 0.3) is 0 Å². The number of anilines is 2. The fourth-order valence-electron chi connectivity index (χ4n) is 5.30. The van der Waals surface area contributed by atoms with E-state index in [9.17, 15) is 18.4 Å². The van der Waals surface area contributed by atoms with E-state index in [4.69, 9.17) is 9.47 Å². The maximum atomic E-state index is 14.2. The number of halogens is 2. The Hall–Kier alpha value is -4.64. The van der Waals surface area contributed by atoms with Gasteiger partial charge in [0, 0.05) is 32.1 Å². The van der Waals surface area contributed by atoms with Gasteiger partial charge in [-0.2, -0.15) is 10.2 Å². The predicted octanol–water partition coefficient (Wildman–Crippen LogP) is 3.54. The highest BCUT2D eigenvalue weighted by Crippen LogP contribution is 2.40. The van der Waals surface area contributed by atoms with Gasteiger partial charge < -0.3 is 30.7 Å². The van der Waals surface area contributed by atoms with Crippen LogP contribution < -0.4 is 21.3 Å². The van der Waals surface area contributed by atoms with Crippen LogP contribution in [-0.4, -0.2) is 81.6 Å². The number of aromatic nitrogens is 6. The van der Waals surface area contributed by atoms with E-state index in [1.165, 1.54) is 12.4 Å². The molecule has 0 unspecified atom stereocenters. The summed E-state index contributed by atoms with van der Waals surface area (Å²) < 4.78 is 39.5. The molecule has 2 amide bonds. The van der Waals surface area contributed by atoms with E-state index in [1.807, 2.05) is 6.92 Å². The lowest BCUT2D eigenvalue weighted by molar-refractivity contribution is 0.0250. The van der Waals surface area contributed by atoms with E-state index in [2.05, 4.69) is 51.6 Å². The van der Waals surface area contributed by atoms with Crippen molar-refractivity contribution in [3.8, 4) is 0 Å². The fraction of sp³-hybridized carbons (Fsp3) is 0.438. The number of aryl methyl sites for hydroxylation is 1. The maximum absolute atomic E-state index is 14.2. The van der Waals surface area contributed by atoms with Crippen LogP contribution in [0.4, 0.5) is 20.2 Å². The molecule has 6 N–H and O–H groups in total. The van der Waals surface area contributed by atoms with Gasteiger partial charge in [-0.05, 0) is 43.5 Å². The SMILES string of the molecule is CCCc1[nH]nc(C(=O)Nc2ccc([C@H]3CNCCO3)nc2)c1F.O=C(Nc1ccc([C@H]2CNCCO2)nc1)c1n[nH]c(C2CC2)c1F. The van der Waals surface area contributed by atoms with E-state index in [-0.39, 0.29) is 29.5 Å². The first-order valence-electron chi connectivity index (χ1n) is 16.1. The molecular weight excluding hydrogens is 626 g/mol. The number of amides is 2. The Morgan fingerprint density at radius 1 is 0.812 bits per heavy atom. The summed E-state index contributed by atoms with van der Waals surface area (Å²) in [7, 11) is 0. The number of ether oxygens (including phenoxy) is 2. The molecule has 7 rings (SSSR count). The first-order chi connectivity index (χ1) is 23.4. The minimum atomic E-state index is -0.601. The molecule has 254 valence electrons. The number of hydrogen-bond donors (Lipinski definition) is 6. The largest absolute Gasteiger partial charge is 0.369 e. The molecular formula is C32H38F2N10O4. The van der Waals surface area contributed by atoms with Crippen molar-refractivity contribution in [3.05, 3.63) is 82.5 Å². The second-order valence-electron chi connectivity index (χ2n) is 11.7. The number of H-pyrrole nitrogens is 2. The summed E-state index contributed by atoms with van der Waals surface area (Å²) in [6.07, 6.45) is 6.03. The van der Waals surface area contributed by atoms with Crippen molar-refractivity contribution in [3.63, 3.8) is 0 Å². The summed E-state index contributed by atoms with van der Waals surface area (Å²) in [6, 6.07) is 7.03. The van der Waals surface area contributed by atoms with Crippen LogP contribution in [0.1, 0.15) is 88.1 Å². The fourth-order valence-corrected chi connectivity index (χ4v) is 5.30. The lowest BCUT2D eigenvalue weighted by Crippen LogP contribution is -2.33. The Balaban J connectivity index is 0.000000167. The zero-order valence-electron chi connectivity index (χ0n) is 26.4. The molecule has 0 bridgehead atoms. The molecule has 0 spiro atoms. The number of hydrogen-bond acceptors (Lipinski definition) is 10. The molecule has 6 heterocycles. The van der Waals surface area contributed by atoms with Gasteiger partial charge in [-0.1, -0.05) is 13.3 Å². The molecule has 0 aromatic carbocycles. The molecule has 2 saturated heterocycles. The van der Waals surface area contributed by atoms with Crippen molar-refractivity contribution in [2.45, 2.75) is 50.7 Å². The number of carbonyl (C=O) groups excluding carboxylic acids is 2. The van der Waals surface area contributed by atoms with E-state index < -0.39 is 23.4 Å². The number of carbonyl (C=O) groups is 2. The smallest absolute Gasteiger partial charge is 0.279 e. The molecule has 14 nitrogen and oxygen atoms in total. The van der Waals surface area contributed by atoms with Gasteiger partial charge in [0.2, 0.25) is 0 Å². The van der Waals surface area contributed by atoms with Crippen molar-refractivity contribution in [2.24, 2.45) is 0 Å². The average Bonchev–Trinajstić information content (AvgIpc) is 3.79. The quantitative estimate of drug-likeness (QED) is 0.155. The third-order valence-corrected chi connectivity index (χ3v) is 8.03. The number of aromatic amines is 2. The van der Waals surface area contributed by atoms with Crippen LogP contribution >= 0.6 is 0 Å². The second kappa shape index (κ2) is 15.5. The van der Waals surface area contributed by atoms with Gasteiger partial charge in [0.15, 0.2) is 23.0 Å². The van der Waals surface area contributed by atoms with Crippen LogP contribution in [0.5, 0.6) is 0 Å². The van der Waals surface area contributed by atoms with Crippen LogP contribution in [0, 0.1) is 11.6 Å². The van der Waals surface area contributed by atoms with E-state index in [1.54, 1.807) is 24.3 Å². The van der Waals surface area contributed by atoms with Gasteiger partial charge in [0.1, 0.15) is 12.2 Å². The van der Waals surface area contributed by atoms with Crippen LogP contribution in [0.15, 0.2) is 36.7 Å². The predicted molar refractivity (Wildman–Crippen MR) is 171 cm³/mol. The Bertz CT molecular complexity index is 1680. The minimum absolute atomic E-state index is 0.0895. The highest BCUT2D eigenvalue weighted by atomic mass is 19.1. The lowest BCUT2D eigenvalue weighted by Gasteiger charge is -2.23. The highest BCUT2D eigenvalue weighted by Gasteiger charge is 2.32. The average molecular weight is 665 g/mol. The van der Waals surface area contributed by atoms with E-state index >= 15 is 0 Å². The minimum Gasteiger partial charge on any atom is -0.369 e. The van der Waals surface area contributed by atoms with Crippen LogP contribution in [0.3, 0.4) is 0 Å². The highest BCUT2D eigenvalue weighted by molar-refractivity contribution is 6.03. The normalized spacial score (nSPS) is 19.2. The van der Waals surface area contributed by atoms with Gasteiger partial charge in [-0.3, -0.25) is 29.8 Å². The monoisotopic (exact) mass is 664 g/mol. The Labute approximate surface area is 275 Å². The zero-order chi connectivity index (χ0) is 33.5. The number of nitrogens with zero attached hydrogens (tertiary/aromatic N) is 4. The molecule has 4 aromatic heterocycles. The topological polar surface area (TPSA) is 184 Å². The Kier molecular flexibility index (Phi) is 10.7. The van der Waals surface area contributed by atoms with Gasteiger partial charge in [-0.15, -0.1) is 0 Å². The van der Waals surface area contributed by atoms with Crippen molar-refractivity contribution < 1.29 is 27.8 Å². The summed E-state index contributed by atoms with van der Waals surface area (Å²) in [4.78, 5) is 32.9. The first-order valence-corrected chi connectivity index (χ1v) is 16.1. The van der Waals surface area contributed by atoms with Crippen molar-refractivity contribution in [2.75, 3.05) is 50.0 Å². The Morgan fingerprint density at radius 3 is 1.81 bits per heavy atom. The number of morpholine rings is 2. The van der Waals surface area contributed by atoms with Gasteiger partial charge in [0.25, 0.3) is 11.8 Å². The standard InChI is InChI=1S/C16H18FN5O2.C16H20FN5O2/c17-13-14(9-1-2-9)21-22-15(13)16(23)20-10-3-4-11(19-7-10)12-8-18-5-6-24-12;1-2-3-12-14(17)15(22-21-12)16(23)20-10-4-5-11(19-8-10)13-9-18-6-7-24-13/h3-4,7,9,12,18H,1-2,5-6,8H2,(H,20,23)(H,21,22);4-5,8,13,18H,2-3,6-7,9H2,1H3,(H,20,23)(H,21,22)/t12-;13-/m11/s1. The Morgan fingerprint density at radius 2 is 1.35 bits per heavy atom. The van der Waals surface area contributed by atoms with Gasteiger partial charge in [-0.25, -0.2) is 8.78 Å². The van der Waals surface area contributed by atoms with Crippen molar-refractivity contribution >= 4 is 23.2 Å². The molecule has 0 radical (unpaired) electrons. The van der Waals surface area contributed by atoms with Crippen molar-refractivity contribution in [1.82, 2.24) is 41.0 Å². The lowest BCUT2D eigenvalue weighted by atomic mass is 10.2. The molecule has 3 aliphatic rings. The molecule has 1 aliphatic carbocycles. The zero-order valence-corrected chi connectivity index (χ0v) is 26.4. The third-order valence-electron chi connectivity index (χ3n) is 8.03. The van der Waals surface area contributed by atoms with Gasteiger partial charge in [0.05, 0.1) is 59.8 Å².